The third-order valence-electron chi connectivity index (χ3n) is 3.33. The minimum Gasteiger partial charge on any atom is -0.368 e. The molecule has 1 aromatic carbocycles. The summed E-state index contributed by atoms with van der Waals surface area (Å²) in [5, 5.41) is 3.58. The van der Waals surface area contributed by atoms with Crippen LogP contribution in [0.2, 0.25) is 0 Å². The van der Waals surface area contributed by atoms with Crippen molar-refractivity contribution < 1.29 is 0 Å². The topological polar surface area (TPSA) is 15.3 Å². The summed E-state index contributed by atoms with van der Waals surface area (Å²) in [6.07, 6.45) is 0. The Balaban J connectivity index is 2.33. The van der Waals surface area contributed by atoms with Crippen LogP contribution in [-0.2, 0) is 0 Å². The number of hydrogen-bond acceptors (Lipinski definition) is 2. The van der Waals surface area contributed by atoms with Crippen molar-refractivity contribution in [2.24, 2.45) is 0 Å². The van der Waals surface area contributed by atoms with Gasteiger partial charge in [-0.2, -0.15) is 0 Å². The van der Waals surface area contributed by atoms with E-state index in [4.69, 9.17) is 0 Å². The van der Waals surface area contributed by atoms with Crippen LogP contribution in [0.4, 0.5) is 5.69 Å². The fraction of sp³-hybridized carbons (Fsp3) is 0.571. The zero-order valence-electron chi connectivity index (χ0n) is 11.0. The van der Waals surface area contributed by atoms with Gasteiger partial charge in [0.05, 0.1) is 0 Å². The maximum atomic E-state index is 3.58. The molecule has 1 aliphatic rings. The second-order valence-corrected chi connectivity index (χ2v) is 6.18. The first kappa shape index (κ1) is 12.9. The van der Waals surface area contributed by atoms with Gasteiger partial charge >= 0.3 is 0 Å². The van der Waals surface area contributed by atoms with Crippen LogP contribution in [0.3, 0.4) is 0 Å². The molecule has 94 valence electrons. The molecule has 0 amide bonds. The molecule has 1 aromatic rings. The summed E-state index contributed by atoms with van der Waals surface area (Å²) in [6, 6.07) is 5.53. The minimum absolute atomic E-state index is 0.557. The Morgan fingerprint density at radius 1 is 1.12 bits per heavy atom. The number of aryl methyl sites for hydroxylation is 2. The molecule has 2 nitrogen and oxygen atoms in total. The SMILES string of the molecule is Cc1cc(Br)cc(C)c1N1C[C@@H](C)N[C@@H](C)C1. The summed E-state index contributed by atoms with van der Waals surface area (Å²) >= 11 is 3.56. The highest BCUT2D eigenvalue weighted by molar-refractivity contribution is 9.10. The van der Waals surface area contributed by atoms with Crippen LogP contribution in [0.25, 0.3) is 0 Å². The Morgan fingerprint density at radius 2 is 1.59 bits per heavy atom. The highest BCUT2D eigenvalue weighted by atomic mass is 79.9. The molecule has 0 unspecified atom stereocenters. The van der Waals surface area contributed by atoms with E-state index in [0.29, 0.717) is 12.1 Å². The average Bonchev–Trinajstić information content (AvgIpc) is 2.13. The minimum atomic E-state index is 0.557. The van der Waals surface area contributed by atoms with Crippen molar-refractivity contribution in [3.05, 3.63) is 27.7 Å². The molecule has 3 heteroatoms. The van der Waals surface area contributed by atoms with Crippen molar-refractivity contribution in [3.8, 4) is 0 Å². The van der Waals surface area contributed by atoms with Crippen LogP contribution in [0.15, 0.2) is 16.6 Å². The summed E-state index contributed by atoms with van der Waals surface area (Å²) in [5.74, 6) is 0. The maximum Gasteiger partial charge on any atom is 0.0427 e. The summed E-state index contributed by atoms with van der Waals surface area (Å²) in [5.41, 5.74) is 4.13. The van der Waals surface area contributed by atoms with Gasteiger partial charge < -0.3 is 10.2 Å². The van der Waals surface area contributed by atoms with Gasteiger partial charge in [-0.05, 0) is 51.0 Å². The molecule has 0 radical (unpaired) electrons. The van der Waals surface area contributed by atoms with Crippen LogP contribution < -0.4 is 10.2 Å². The Bertz CT molecular complexity index is 384. The van der Waals surface area contributed by atoms with E-state index in [9.17, 15) is 0 Å². The van der Waals surface area contributed by atoms with Gasteiger partial charge in [-0.25, -0.2) is 0 Å². The lowest BCUT2D eigenvalue weighted by Gasteiger charge is -2.39. The average molecular weight is 297 g/mol. The van der Waals surface area contributed by atoms with Crippen LogP contribution in [0.5, 0.6) is 0 Å². The van der Waals surface area contributed by atoms with E-state index in [2.05, 4.69) is 66.0 Å². The van der Waals surface area contributed by atoms with Gasteiger partial charge in [0.1, 0.15) is 0 Å². The summed E-state index contributed by atoms with van der Waals surface area (Å²) in [6.45, 7) is 11.1. The monoisotopic (exact) mass is 296 g/mol. The maximum absolute atomic E-state index is 3.58. The number of nitrogens with zero attached hydrogens (tertiary/aromatic N) is 1. The molecule has 1 saturated heterocycles. The molecule has 0 spiro atoms. The Kier molecular flexibility index (Phi) is 3.79. The van der Waals surface area contributed by atoms with E-state index < -0.39 is 0 Å². The normalized spacial score (nSPS) is 25.1. The smallest absolute Gasteiger partial charge is 0.0427 e. The fourth-order valence-corrected chi connectivity index (χ4v) is 3.60. The van der Waals surface area contributed by atoms with Gasteiger partial charge in [-0.1, -0.05) is 15.9 Å². The van der Waals surface area contributed by atoms with Crippen molar-refractivity contribution in [1.29, 1.82) is 0 Å². The molecule has 1 aliphatic heterocycles. The van der Waals surface area contributed by atoms with Gasteiger partial charge in [-0.15, -0.1) is 0 Å². The lowest BCUT2D eigenvalue weighted by Crippen LogP contribution is -2.54. The van der Waals surface area contributed by atoms with E-state index in [0.717, 1.165) is 13.1 Å². The van der Waals surface area contributed by atoms with E-state index in [1.54, 1.807) is 0 Å². The quantitative estimate of drug-likeness (QED) is 0.856. The molecular formula is C14H21BrN2. The van der Waals surface area contributed by atoms with Crippen molar-refractivity contribution in [2.75, 3.05) is 18.0 Å². The third kappa shape index (κ3) is 2.83. The van der Waals surface area contributed by atoms with Crippen LogP contribution in [-0.4, -0.2) is 25.2 Å². The number of anilines is 1. The first-order chi connectivity index (χ1) is 7.97. The van der Waals surface area contributed by atoms with Crippen LogP contribution in [0.1, 0.15) is 25.0 Å². The standard InChI is InChI=1S/C14H21BrN2/c1-9-5-13(15)6-10(2)14(9)17-7-11(3)16-12(4)8-17/h5-6,11-12,16H,7-8H2,1-4H3/t11-,12+. The highest BCUT2D eigenvalue weighted by Crippen LogP contribution is 2.29. The molecule has 0 aromatic heterocycles. The highest BCUT2D eigenvalue weighted by Gasteiger charge is 2.23. The second kappa shape index (κ2) is 4.99. The lowest BCUT2D eigenvalue weighted by atomic mass is 10.0. The third-order valence-corrected chi connectivity index (χ3v) is 3.79. The zero-order valence-corrected chi connectivity index (χ0v) is 12.6. The van der Waals surface area contributed by atoms with Crippen molar-refractivity contribution >= 4 is 21.6 Å². The van der Waals surface area contributed by atoms with Crippen LogP contribution >= 0.6 is 15.9 Å². The van der Waals surface area contributed by atoms with Gasteiger partial charge in [0.15, 0.2) is 0 Å². The summed E-state index contributed by atoms with van der Waals surface area (Å²) < 4.78 is 1.17. The molecule has 0 aliphatic carbocycles. The van der Waals surface area contributed by atoms with Crippen molar-refractivity contribution in [2.45, 2.75) is 39.8 Å². The molecule has 2 rings (SSSR count). The Labute approximate surface area is 113 Å². The fourth-order valence-electron chi connectivity index (χ4n) is 2.91. The van der Waals surface area contributed by atoms with Crippen molar-refractivity contribution in [1.82, 2.24) is 5.32 Å². The second-order valence-electron chi connectivity index (χ2n) is 5.26. The van der Waals surface area contributed by atoms with Crippen molar-refractivity contribution in [3.63, 3.8) is 0 Å². The molecule has 1 heterocycles. The molecule has 0 bridgehead atoms. The number of hydrogen-bond donors (Lipinski definition) is 1. The van der Waals surface area contributed by atoms with Crippen LogP contribution in [0, 0.1) is 13.8 Å². The summed E-state index contributed by atoms with van der Waals surface area (Å²) in [7, 11) is 0. The molecule has 2 atom stereocenters. The number of benzene rings is 1. The number of nitrogens with one attached hydrogen (secondary N) is 1. The van der Waals surface area contributed by atoms with Gasteiger partial charge in [0, 0.05) is 35.3 Å². The zero-order chi connectivity index (χ0) is 12.6. The number of piperazine rings is 1. The lowest BCUT2D eigenvalue weighted by molar-refractivity contribution is 0.406. The van der Waals surface area contributed by atoms with Gasteiger partial charge in [0.2, 0.25) is 0 Å². The van der Waals surface area contributed by atoms with Gasteiger partial charge in [0.25, 0.3) is 0 Å². The Hall–Kier alpha value is -0.540. The molecule has 0 saturated carbocycles. The first-order valence-electron chi connectivity index (χ1n) is 6.25. The first-order valence-corrected chi connectivity index (χ1v) is 7.04. The van der Waals surface area contributed by atoms with E-state index >= 15 is 0 Å². The van der Waals surface area contributed by atoms with Gasteiger partial charge in [-0.3, -0.25) is 0 Å². The predicted octanol–water partition coefficient (Wildman–Crippen LogP) is 3.25. The number of rotatable bonds is 1. The molecular weight excluding hydrogens is 276 g/mol. The van der Waals surface area contributed by atoms with E-state index in [1.807, 2.05) is 0 Å². The largest absolute Gasteiger partial charge is 0.368 e. The van der Waals surface area contributed by atoms with E-state index in [-0.39, 0.29) is 0 Å². The molecule has 17 heavy (non-hydrogen) atoms. The molecule has 1 fully saturated rings. The predicted molar refractivity (Wildman–Crippen MR) is 77.9 cm³/mol. The number of halogens is 1. The summed E-state index contributed by atoms with van der Waals surface area (Å²) in [4.78, 5) is 2.52. The Morgan fingerprint density at radius 3 is 2.06 bits per heavy atom. The molecule has 1 N–H and O–H groups in total. The van der Waals surface area contributed by atoms with E-state index in [1.165, 1.54) is 21.3 Å².